The van der Waals surface area contributed by atoms with E-state index in [2.05, 4.69) is 9.88 Å². The third kappa shape index (κ3) is 5.47. The smallest absolute Gasteiger partial charge is 0.410 e. The lowest BCUT2D eigenvalue weighted by molar-refractivity contribution is 0.0240. The number of methoxy groups -OCH3 is 1. The van der Waals surface area contributed by atoms with Gasteiger partial charge in [-0.15, -0.1) is 11.8 Å². The fourth-order valence-electron chi connectivity index (χ4n) is 5.09. The summed E-state index contributed by atoms with van der Waals surface area (Å²) in [5.41, 5.74) is 2.51. The molecule has 1 saturated heterocycles. The average molecular weight is 575 g/mol. The quantitative estimate of drug-likeness (QED) is 0.418. The molecule has 5 rings (SSSR count). The molecule has 0 radical (unpaired) electrons. The van der Waals surface area contributed by atoms with Crippen molar-refractivity contribution in [2.45, 2.75) is 50.8 Å². The van der Waals surface area contributed by atoms with Gasteiger partial charge in [0.25, 0.3) is 0 Å². The fraction of sp³-hybridized carbons (Fsp3) is 0.464. The van der Waals surface area contributed by atoms with E-state index in [-0.39, 0.29) is 22.9 Å². The number of nitrogens with zero attached hydrogens (tertiary/aromatic N) is 4. The lowest BCUT2D eigenvalue weighted by Crippen LogP contribution is -2.50. The van der Waals surface area contributed by atoms with E-state index in [4.69, 9.17) is 21.1 Å². The minimum Gasteiger partial charge on any atom is -0.444 e. The fourth-order valence-corrected chi connectivity index (χ4v) is 6.64. The molecule has 1 aromatic heterocycles. The number of piperazine rings is 1. The van der Waals surface area contributed by atoms with E-state index in [1.165, 1.54) is 6.07 Å². The van der Waals surface area contributed by atoms with E-state index in [1.807, 2.05) is 33.8 Å². The molecular weight excluding hydrogens is 543 g/mol. The first-order valence-corrected chi connectivity index (χ1v) is 14.2. The van der Waals surface area contributed by atoms with E-state index in [9.17, 15) is 14.0 Å². The van der Waals surface area contributed by atoms with Crippen molar-refractivity contribution in [2.75, 3.05) is 43.9 Å². The number of rotatable bonds is 3. The summed E-state index contributed by atoms with van der Waals surface area (Å²) in [6, 6.07) is 6.74. The van der Waals surface area contributed by atoms with Gasteiger partial charge in [-0.25, -0.2) is 14.0 Å². The highest BCUT2D eigenvalue weighted by Crippen LogP contribution is 2.44. The lowest BCUT2D eigenvalue weighted by Gasteiger charge is -2.36. The minimum absolute atomic E-state index is 0.0447. The largest absolute Gasteiger partial charge is 0.444 e. The van der Waals surface area contributed by atoms with Gasteiger partial charge >= 0.3 is 11.8 Å². The average Bonchev–Trinajstić information content (AvgIpc) is 3.08. The molecular formula is C28H32ClFN4O4S. The molecule has 39 heavy (non-hydrogen) atoms. The highest BCUT2D eigenvalue weighted by atomic mass is 35.5. The molecule has 11 heteroatoms. The van der Waals surface area contributed by atoms with Crippen molar-refractivity contribution in [1.82, 2.24) is 14.5 Å². The van der Waals surface area contributed by atoms with Gasteiger partial charge in [0, 0.05) is 54.9 Å². The Bertz CT molecular complexity index is 1500. The van der Waals surface area contributed by atoms with E-state index in [1.54, 1.807) is 40.5 Å². The Kier molecular flexibility index (Phi) is 7.56. The van der Waals surface area contributed by atoms with Crippen LogP contribution in [0, 0.1) is 12.7 Å². The van der Waals surface area contributed by atoms with Crippen molar-refractivity contribution in [3.8, 4) is 11.1 Å². The van der Waals surface area contributed by atoms with Crippen LogP contribution < -0.4 is 10.6 Å². The summed E-state index contributed by atoms with van der Waals surface area (Å²) in [5.74, 6) is 0.757. The second-order valence-electron chi connectivity index (χ2n) is 10.9. The zero-order valence-electron chi connectivity index (χ0n) is 22.7. The third-order valence-corrected chi connectivity index (χ3v) is 8.48. The standard InChI is InChI=1S/C28H32ClFN4O4S/c1-16-12-19-23-24(22(16)17-6-7-21(30)20(29)13-17)39-15-18(37-5)14-34(23)26(35)31-25(19)32-8-10-33(11-9-32)27(36)38-28(2,3)4/h6-7,12-13,18H,8-11,14-15H2,1-5H3/t18-/m0/s1. The summed E-state index contributed by atoms with van der Waals surface area (Å²) >= 11 is 7.78. The molecule has 2 aromatic carbocycles. The number of hydrogen-bond donors (Lipinski definition) is 0. The Morgan fingerprint density at radius 2 is 1.90 bits per heavy atom. The first-order chi connectivity index (χ1) is 18.5. The summed E-state index contributed by atoms with van der Waals surface area (Å²) in [5, 5.41) is 0.900. The second kappa shape index (κ2) is 10.6. The van der Waals surface area contributed by atoms with Crippen molar-refractivity contribution in [3.63, 3.8) is 0 Å². The summed E-state index contributed by atoms with van der Waals surface area (Å²) in [7, 11) is 1.64. The van der Waals surface area contributed by atoms with Crippen LogP contribution in [0.15, 0.2) is 34.0 Å². The van der Waals surface area contributed by atoms with E-state index in [0.29, 0.717) is 44.3 Å². The van der Waals surface area contributed by atoms with Gasteiger partial charge in [0.15, 0.2) is 0 Å². The molecule has 1 atom stereocenters. The number of ether oxygens (including phenoxy) is 2. The van der Waals surface area contributed by atoms with Gasteiger partial charge < -0.3 is 19.3 Å². The molecule has 0 aliphatic carbocycles. The number of hydrogen-bond acceptors (Lipinski definition) is 7. The van der Waals surface area contributed by atoms with Crippen LogP contribution in [0.1, 0.15) is 26.3 Å². The maximum Gasteiger partial charge on any atom is 0.410 e. The topological polar surface area (TPSA) is 76.9 Å². The zero-order chi connectivity index (χ0) is 28.1. The van der Waals surface area contributed by atoms with Gasteiger partial charge in [-0.1, -0.05) is 17.7 Å². The van der Waals surface area contributed by atoms with Crippen molar-refractivity contribution in [2.24, 2.45) is 0 Å². The first-order valence-electron chi connectivity index (χ1n) is 12.9. The molecule has 0 spiro atoms. The van der Waals surface area contributed by atoms with Gasteiger partial charge in [0.05, 0.1) is 23.2 Å². The summed E-state index contributed by atoms with van der Waals surface area (Å²) in [4.78, 5) is 35.3. The molecule has 8 nitrogen and oxygen atoms in total. The maximum atomic E-state index is 14.0. The van der Waals surface area contributed by atoms with Gasteiger partial charge in [0.2, 0.25) is 0 Å². The molecule has 0 saturated carbocycles. The van der Waals surface area contributed by atoms with Gasteiger partial charge in [-0.3, -0.25) is 4.57 Å². The normalized spacial score (nSPS) is 17.9. The molecule has 0 unspecified atom stereocenters. The Labute approximate surface area is 236 Å². The Hall–Kier alpha value is -2.82. The molecule has 0 N–H and O–H groups in total. The molecule has 2 aliphatic rings. The van der Waals surface area contributed by atoms with E-state index < -0.39 is 11.4 Å². The number of aromatic nitrogens is 2. The van der Waals surface area contributed by atoms with Crippen LogP contribution in [0.4, 0.5) is 15.0 Å². The molecule has 0 bridgehead atoms. The minimum atomic E-state index is -0.569. The van der Waals surface area contributed by atoms with Crippen LogP contribution >= 0.6 is 23.4 Å². The number of benzene rings is 2. The zero-order valence-corrected chi connectivity index (χ0v) is 24.3. The summed E-state index contributed by atoms with van der Waals surface area (Å²) in [6.45, 7) is 9.86. The summed E-state index contributed by atoms with van der Waals surface area (Å²) < 4.78 is 26.9. The molecule has 3 heterocycles. The number of carbonyl (C=O) groups excluding carboxylic acids is 1. The van der Waals surface area contributed by atoms with Gasteiger partial charge in [-0.2, -0.15) is 4.98 Å². The predicted molar refractivity (Wildman–Crippen MR) is 153 cm³/mol. The first kappa shape index (κ1) is 27.7. The molecule has 1 amide bonds. The van der Waals surface area contributed by atoms with E-state index >= 15 is 0 Å². The predicted octanol–water partition coefficient (Wildman–Crippen LogP) is 5.34. The molecule has 1 fully saturated rings. The van der Waals surface area contributed by atoms with Crippen LogP contribution in [0.3, 0.4) is 0 Å². The molecule has 3 aromatic rings. The van der Waals surface area contributed by atoms with Crippen LogP contribution in [0.2, 0.25) is 5.02 Å². The number of anilines is 1. The highest BCUT2D eigenvalue weighted by molar-refractivity contribution is 7.99. The highest BCUT2D eigenvalue weighted by Gasteiger charge is 2.30. The number of halogens is 2. The monoisotopic (exact) mass is 574 g/mol. The Morgan fingerprint density at radius 1 is 1.18 bits per heavy atom. The number of amides is 1. The van der Waals surface area contributed by atoms with Gasteiger partial charge in [0.1, 0.15) is 17.2 Å². The van der Waals surface area contributed by atoms with Crippen LogP contribution in [-0.2, 0) is 16.0 Å². The van der Waals surface area contributed by atoms with Crippen LogP contribution in [-0.4, -0.2) is 71.3 Å². The van der Waals surface area contributed by atoms with Crippen molar-refractivity contribution < 1.29 is 18.7 Å². The summed E-state index contributed by atoms with van der Waals surface area (Å²) in [6.07, 6.45) is -0.526. The number of thioether (sulfide) groups is 1. The van der Waals surface area contributed by atoms with Crippen LogP contribution in [0.5, 0.6) is 0 Å². The number of carbonyl (C=O) groups is 1. The SMILES string of the molecule is CO[C@@H]1CSc2c(-c3ccc(F)c(Cl)c3)c(C)cc3c(N4CCN(C(=O)OC(C)(C)C)CC4)nc(=O)n(c23)C1. The van der Waals surface area contributed by atoms with Crippen LogP contribution in [0.25, 0.3) is 22.0 Å². The molecule has 2 aliphatic heterocycles. The van der Waals surface area contributed by atoms with Crippen molar-refractivity contribution in [1.29, 1.82) is 0 Å². The van der Waals surface area contributed by atoms with Crippen molar-refractivity contribution >= 4 is 46.2 Å². The number of aryl methyl sites for hydroxylation is 1. The van der Waals surface area contributed by atoms with Gasteiger partial charge in [-0.05, 0) is 57.0 Å². The second-order valence-corrected chi connectivity index (χ2v) is 12.3. The lowest BCUT2D eigenvalue weighted by atomic mass is 9.97. The van der Waals surface area contributed by atoms with Crippen molar-refractivity contribution in [3.05, 3.63) is 51.2 Å². The van der Waals surface area contributed by atoms with E-state index in [0.717, 1.165) is 32.5 Å². The Balaban J connectivity index is 1.61. The Morgan fingerprint density at radius 3 is 2.54 bits per heavy atom. The molecule has 208 valence electrons. The third-order valence-electron chi connectivity index (χ3n) is 6.97. The maximum absolute atomic E-state index is 14.0.